The highest BCUT2D eigenvalue weighted by Gasteiger charge is 2.31. The maximum Gasteiger partial charge on any atom is 0.277 e. The summed E-state index contributed by atoms with van der Waals surface area (Å²) in [5.41, 5.74) is 5.78. The van der Waals surface area contributed by atoms with Crippen LogP contribution in [-0.2, 0) is 7.05 Å². The number of fused-ring (bicyclic) bond motifs is 1. The first-order valence-electron chi connectivity index (χ1n) is 5.13. The summed E-state index contributed by atoms with van der Waals surface area (Å²) < 4.78 is 12.5. The SMILES string of the molecule is Cn1[nH]c(=O)c(C2Oc3ccccc3O2)c1N. The van der Waals surface area contributed by atoms with E-state index in [1.807, 2.05) is 12.1 Å². The van der Waals surface area contributed by atoms with Crippen LogP contribution in [0.25, 0.3) is 0 Å². The number of hydrogen-bond acceptors (Lipinski definition) is 4. The van der Waals surface area contributed by atoms with E-state index < -0.39 is 6.29 Å². The number of aromatic nitrogens is 2. The maximum atomic E-state index is 11.7. The molecule has 88 valence electrons. The number of ether oxygens (including phenoxy) is 2. The van der Waals surface area contributed by atoms with Gasteiger partial charge in [-0.15, -0.1) is 0 Å². The van der Waals surface area contributed by atoms with E-state index in [-0.39, 0.29) is 5.56 Å². The fourth-order valence-corrected chi connectivity index (χ4v) is 1.81. The van der Waals surface area contributed by atoms with E-state index in [0.717, 1.165) is 0 Å². The Morgan fingerprint density at radius 2 is 1.88 bits per heavy atom. The van der Waals surface area contributed by atoms with Crippen molar-refractivity contribution in [1.82, 2.24) is 9.78 Å². The van der Waals surface area contributed by atoms with Crippen LogP contribution >= 0.6 is 0 Å². The zero-order valence-electron chi connectivity index (χ0n) is 9.14. The molecule has 3 rings (SSSR count). The molecule has 1 aliphatic heterocycles. The van der Waals surface area contributed by atoms with Crippen LogP contribution in [0.1, 0.15) is 11.9 Å². The Hall–Kier alpha value is -2.37. The van der Waals surface area contributed by atoms with Crippen LogP contribution in [0.15, 0.2) is 29.1 Å². The van der Waals surface area contributed by atoms with Crippen LogP contribution in [0.5, 0.6) is 11.5 Å². The van der Waals surface area contributed by atoms with Crippen molar-refractivity contribution >= 4 is 5.82 Å². The zero-order chi connectivity index (χ0) is 12.0. The summed E-state index contributed by atoms with van der Waals surface area (Å²) in [6, 6.07) is 7.23. The number of nitrogens with one attached hydrogen (secondary N) is 1. The largest absolute Gasteiger partial charge is 0.446 e. The van der Waals surface area contributed by atoms with Crippen molar-refractivity contribution in [3.8, 4) is 11.5 Å². The van der Waals surface area contributed by atoms with E-state index in [1.54, 1.807) is 19.2 Å². The van der Waals surface area contributed by atoms with Crippen molar-refractivity contribution in [3.05, 3.63) is 40.2 Å². The van der Waals surface area contributed by atoms with Gasteiger partial charge in [-0.2, -0.15) is 0 Å². The molecule has 0 fully saturated rings. The Bertz CT molecular complexity index is 604. The molecule has 0 spiro atoms. The van der Waals surface area contributed by atoms with Gasteiger partial charge in [-0.1, -0.05) is 12.1 Å². The number of nitrogen functional groups attached to an aromatic ring is 1. The number of rotatable bonds is 1. The Kier molecular flexibility index (Phi) is 1.91. The van der Waals surface area contributed by atoms with Crippen LogP contribution in [0.4, 0.5) is 5.82 Å². The van der Waals surface area contributed by atoms with Gasteiger partial charge in [-0.3, -0.25) is 14.6 Å². The summed E-state index contributed by atoms with van der Waals surface area (Å²) >= 11 is 0. The third kappa shape index (κ3) is 1.37. The number of aromatic amines is 1. The van der Waals surface area contributed by atoms with Gasteiger partial charge >= 0.3 is 0 Å². The highest BCUT2D eigenvalue weighted by Crippen LogP contribution is 2.40. The van der Waals surface area contributed by atoms with Gasteiger partial charge in [0.1, 0.15) is 11.4 Å². The fourth-order valence-electron chi connectivity index (χ4n) is 1.81. The number of nitrogens with two attached hydrogens (primary N) is 1. The molecule has 0 amide bonds. The van der Waals surface area contributed by atoms with E-state index in [0.29, 0.717) is 22.9 Å². The number of aryl methyl sites for hydroxylation is 1. The Morgan fingerprint density at radius 3 is 2.35 bits per heavy atom. The van der Waals surface area contributed by atoms with E-state index in [2.05, 4.69) is 5.10 Å². The topological polar surface area (TPSA) is 82.3 Å². The highest BCUT2D eigenvalue weighted by molar-refractivity contribution is 5.46. The molecule has 0 saturated carbocycles. The van der Waals surface area contributed by atoms with Gasteiger partial charge in [0.05, 0.1) is 0 Å². The normalized spacial score (nSPS) is 14.2. The van der Waals surface area contributed by atoms with Gasteiger partial charge in [0.2, 0.25) is 0 Å². The monoisotopic (exact) mass is 233 g/mol. The second kappa shape index (κ2) is 3.31. The van der Waals surface area contributed by atoms with Crippen molar-refractivity contribution in [1.29, 1.82) is 0 Å². The molecule has 1 aromatic carbocycles. The number of anilines is 1. The Labute approximate surface area is 96.5 Å². The molecule has 6 heteroatoms. The molecule has 3 N–H and O–H groups in total. The summed E-state index contributed by atoms with van der Waals surface area (Å²) in [4.78, 5) is 11.7. The predicted molar refractivity (Wildman–Crippen MR) is 60.9 cm³/mol. The van der Waals surface area contributed by atoms with Crippen LogP contribution in [-0.4, -0.2) is 9.78 Å². The van der Waals surface area contributed by atoms with Crippen molar-refractivity contribution < 1.29 is 9.47 Å². The average Bonchev–Trinajstić information content (AvgIpc) is 2.81. The van der Waals surface area contributed by atoms with E-state index in [1.165, 1.54) is 4.68 Å². The summed E-state index contributed by atoms with van der Waals surface area (Å²) in [6.07, 6.45) is -0.780. The molecular formula is C11H11N3O3. The molecule has 0 aliphatic carbocycles. The number of H-pyrrole nitrogens is 1. The summed E-state index contributed by atoms with van der Waals surface area (Å²) in [6.45, 7) is 0. The molecule has 2 aromatic rings. The predicted octanol–water partition coefficient (Wildman–Crippen LogP) is 0.766. The number of benzene rings is 1. The van der Waals surface area contributed by atoms with Crippen molar-refractivity contribution in [2.45, 2.75) is 6.29 Å². The van der Waals surface area contributed by atoms with Gasteiger partial charge < -0.3 is 15.2 Å². The molecule has 1 aromatic heterocycles. The molecule has 0 saturated heterocycles. The lowest BCUT2D eigenvalue weighted by molar-refractivity contribution is 0.0485. The van der Waals surface area contributed by atoms with Gasteiger partial charge in [0.25, 0.3) is 11.8 Å². The van der Waals surface area contributed by atoms with Crippen LogP contribution in [0.2, 0.25) is 0 Å². The fraction of sp³-hybridized carbons (Fsp3) is 0.182. The van der Waals surface area contributed by atoms with E-state index in [9.17, 15) is 4.79 Å². The van der Waals surface area contributed by atoms with E-state index >= 15 is 0 Å². The molecule has 2 heterocycles. The maximum absolute atomic E-state index is 11.7. The first-order valence-corrected chi connectivity index (χ1v) is 5.13. The first kappa shape index (κ1) is 9.83. The number of hydrogen-bond donors (Lipinski definition) is 2. The molecule has 0 atom stereocenters. The van der Waals surface area contributed by atoms with Crippen LogP contribution in [0, 0.1) is 0 Å². The molecular weight excluding hydrogens is 222 g/mol. The van der Waals surface area contributed by atoms with Gasteiger partial charge in [0, 0.05) is 7.05 Å². The van der Waals surface area contributed by atoms with Crippen molar-refractivity contribution in [2.24, 2.45) is 7.05 Å². The van der Waals surface area contributed by atoms with Gasteiger partial charge in [0.15, 0.2) is 11.5 Å². The third-order valence-corrected chi connectivity index (χ3v) is 2.70. The molecule has 17 heavy (non-hydrogen) atoms. The lowest BCUT2D eigenvalue weighted by Gasteiger charge is -2.08. The standard InChI is InChI=1S/C11H11N3O3/c1-14-9(12)8(10(15)13-14)11-16-6-4-2-3-5-7(6)17-11/h2-5,11H,12H2,1H3,(H,13,15). The summed E-state index contributed by atoms with van der Waals surface area (Å²) in [7, 11) is 1.66. The van der Waals surface area contributed by atoms with Gasteiger partial charge in [-0.05, 0) is 12.1 Å². The van der Waals surface area contributed by atoms with Gasteiger partial charge in [-0.25, -0.2) is 0 Å². The second-order valence-electron chi connectivity index (χ2n) is 3.81. The van der Waals surface area contributed by atoms with Crippen molar-refractivity contribution in [2.75, 3.05) is 5.73 Å². The Balaban J connectivity index is 2.02. The first-order chi connectivity index (χ1) is 8.16. The molecule has 0 radical (unpaired) electrons. The summed E-state index contributed by atoms with van der Waals surface area (Å²) in [5, 5.41) is 2.56. The minimum absolute atomic E-state index is 0.295. The lowest BCUT2D eigenvalue weighted by Crippen LogP contribution is -2.18. The summed E-state index contributed by atoms with van der Waals surface area (Å²) in [5.74, 6) is 1.54. The molecule has 1 aliphatic rings. The average molecular weight is 233 g/mol. The third-order valence-electron chi connectivity index (χ3n) is 2.70. The highest BCUT2D eigenvalue weighted by atomic mass is 16.7. The second-order valence-corrected chi connectivity index (χ2v) is 3.81. The minimum Gasteiger partial charge on any atom is -0.446 e. The molecule has 6 nitrogen and oxygen atoms in total. The minimum atomic E-state index is -0.780. The Morgan fingerprint density at radius 1 is 1.29 bits per heavy atom. The van der Waals surface area contributed by atoms with E-state index in [4.69, 9.17) is 15.2 Å². The smallest absolute Gasteiger partial charge is 0.277 e. The van der Waals surface area contributed by atoms with Crippen molar-refractivity contribution in [3.63, 3.8) is 0 Å². The zero-order valence-corrected chi connectivity index (χ0v) is 9.14. The molecule has 0 bridgehead atoms. The molecule has 0 unspecified atom stereocenters. The lowest BCUT2D eigenvalue weighted by atomic mass is 10.3. The number of para-hydroxylation sites is 2. The number of nitrogens with zero attached hydrogens (tertiary/aromatic N) is 1. The quantitative estimate of drug-likeness (QED) is 0.762. The van der Waals surface area contributed by atoms with Crippen LogP contribution < -0.4 is 20.8 Å². The van der Waals surface area contributed by atoms with Crippen LogP contribution in [0.3, 0.4) is 0 Å².